The van der Waals surface area contributed by atoms with Crippen LogP contribution in [0.5, 0.6) is 5.75 Å². The normalized spacial score (nSPS) is 17.6. The van der Waals surface area contributed by atoms with Crippen molar-refractivity contribution < 1.29 is 19.1 Å². The van der Waals surface area contributed by atoms with Crippen LogP contribution in [-0.4, -0.2) is 50.6 Å². The van der Waals surface area contributed by atoms with E-state index in [4.69, 9.17) is 9.47 Å². The van der Waals surface area contributed by atoms with E-state index >= 15 is 0 Å². The number of likely N-dealkylation sites (tertiary alicyclic amines) is 1. The van der Waals surface area contributed by atoms with Gasteiger partial charge in [0, 0.05) is 33.2 Å². The minimum absolute atomic E-state index is 0.0243. The Bertz CT molecular complexity index is 533. The molecule has 0 radical (unpaired) electrons. The van der Waals surface area contributed by atoms with Gasteiger partial charge in [0.1, 0.15) is 5.75 Å². The molecule has 2 rings (SSSR count). The molecular weight excluding hydrogens is 284 g/mol. The van der Waals surface area contributed by atoms with E-state index < -0.39 is 0 Å². The number of carbonyl (C=O) groups is 2. The Morgan fingerprint density at radius 2 is 2.14 bits per heavy atom. The molecule has 1 atom stereocenters. The van der Waals surface area contributed by atoms with Crippen LogP contribution in [0.4, 0.5) is 5.69 Å². The maximum absolute atomic E-state index is 12.3. The third-order valence-corrected chi connectivity index (χ3v) is 3.73. The standard InChI is InChI=1S/C16H22N2O4/c1-21-9-5-8-18-11-12(10-15(18)19)16(20)17-13-6-3-4-7-14(13)22-2/h3-4,6-7,12H,5,8-11H2,1-2H3,(H,17,20). The van der Waals surface area contributed by atoms with Gasteiger partial charge >= 0.3 is 0 Å². The van der Waals surface area contributed by atoms with Gasteiger partial charge in [-0.15, -0.1) is 0 Å². The Kier molecular flexibility index (Phi) is 5.77. The fourth-order valence-electron chi connectivity index (χ4n) is 2.55. The van der Waals surface area contributed by atoms with Crippen molar-refractivity contribution in [1.82, 2.24) is 4.90 Å². The quantitative estimate of drug-likeness (QED) is 0.776. The van der Waals surface area contributed by atoms with Gasteiger partial charge in [-0.05, 0) is 18.6 Å². The van der Waals surface area contributed by atoms with Crippen LogP contribution >= 0.6 is 0 Å². The van der Waals surface area contributed by atoms with Gasteiger partial charge < -0.3 is 19.7 Å². The summed E-state index contributed by atoms with van der Waals surface area (Å²) in [5, 5.41) is 2.84. The number of hydrogen-bond donors (Lipinski definition) is 1. The molecule has 6 heteroatoms. The number of para-hydroxylation sites is 2. The number of hydrogen-bond acceptors (Lipinski definition) is 4. The number of nitrogens with zero attached hydrogens (tertiary/aromatic N) is 1. The molecule has 22 heavy (non-hydrogen) atoms. The molecule has 0 spiro atoms. The van der Waals surface area contributed by atoms with E-state index in [1.165, 1.54) is 0 Å². The Morgan fingerprint density at radius 1 is 1.36 bits per heavy atom. The van der Waals surface area contributed by atoms with Crippen molar-refractivity contribution in [2.24, 2.45) is 5.92 Å². The summed E-state index contributed by atoms with van der Waals surface area (Å²) in [5.74, 6) is 0.167. The third kappa shape index (κ3) is 3.98. The maximum atomic E-state index is 12.3. The Morgan fingerprint density at radius 3 is 2.86 bits per heavy atom. The van der Waals surface area contributed by atoms with Gasteiger partial charge in [0.05, 0.1) is 18.7 Å². The van der Waals surface area contributed by atoms with E-state index in [9.17, 15) is 9.59 Å². The van der Waals surface area contributed by atoms with Gasteiger partial charge in [0.2, 0.25) is 11.8 Å². The number of ether oxygens (including phenoxy) is 2. The predicted octanol–water partition coefficient (Wildman–Crippen LogP) is 1.52. The molecular formula is C16H22N2O4. The summed E-state index contributed by atoms with van der Waals surface area (Å²) in [5.41, 5.74) is 0.625. The van der Waals surface area contributed by atoms with Crippen LogP contribution in [0, 0.1) is 5.92 Å². The highest BCUT2D eigenvalue weighted by atomic mass is 16.5. The molecule has 1 aliphatic rings. The summed E-state index contributed by atoms with van der Waals surface area (Å²) in [4.78, 5) is 26.0. The molecule has 6 nitrogen and oxygen atoms in total. The van der Waals surface area contributed by atoms with Crippen LogP contribution in [0.3, 0.4) is 0 Å². The molecule has 1 aromatic rings. The second-order valence-electron chi connectivity index (χ2n) is 5.28. The van der Waals surface area contributed by atoms with Gasteiger partial charge in [-0.3, -0.25) is 9.59 Å². The van der Waals surface area contributed by atoms with E-state index in [-0.39, 0.29) is 24.2 Å². The minimum atomic E-state index is -0.319. The fraction of sp³-hybridized carbons (Fsp3) is 0.500. The van der Waals surface area contributed by atoms with Gasteiger partial charge in [-0.25, -0.2) is 0 Å². The fourth-order valence-corrected chi connectivity index (χ4v) is 2.55. The first-order chi connectivity index (χ1) is 10.7. The van der Waals surface area contributed by atoms with Crippen LogP contribution in [0.2, 0.25) is 0 Å². The first-order valence-corrected chi connectivity index (χ1v) is 7.36. The van der Waals surface area contributed by atoms with Crippen LogP contribution < -0.4 is 10.1 Å². The number of methoxy groups -OCH3 is 2. The zero-order chi connectivity index (χ0) is 15.9. The van der Waals surface area contributed by atoms with E-state index in [2.05, 4.69) is 5.32 Å². The van der Waals surface area contributed by atoms with Crippen molar-refractivity contribution >= 4 is 17.5 Å². The molecule has 120 valence electrons. The summed E-state index contributed by atoms with van der Waals surface area (Å²) in [6, 6.07) is 7.23. The topological polar surface area (TPSA) is 67.9 Å². The van der Waals surface area contributed by atoms with Gasteiger partial charge in [-0.2, -0.15) is 0 Å². The smallest absolute Gasteiger partial charge is 0.229 e. The summed E-state index contributed by atoms with van der Waals surface area (Å²) in [7, 11) is 3.19. The summed E-state index contributed by atoms with van der Waals surface area (Å²) in [6.07, 6.45) is 1.04. The van der Waals surface area contributed by atoms with Crippen molar-refractivity contribution in [3.63, 3.8) is 0 Å². The molecule has 0 aliphatic carbocycles. The molecule has 1 fully saturated rings. The first-order valence-electron chi connectivity index (χ1n) is 7.36. The largest absolute Gasteiger partial charge is 0.495 e. The third-order valence-electron chi connectivity index (χ3n) is 3.73. The first kappa shape index (κ1) is 16.3. The zero-order valence-corrected chi connectivity index (χ0v) is 13.0. The number of benzene rings is 1. The molecule has 1 N–H and O–H groups in total. The SMILES string of the molecule is COCCCN1CC(C(=O)Nc2ccccc2OC)CC1=O. The number of amides is 2. The van der Waals surface area contributed by atoms with Crippen molar-refractivity contribution in [1.29, 1.82) is 0 Å². The highest BCUT2D eigenvalue weighted by molar-refractivity contribution is 5.98. The number of carbonyl (C=O) groups excluding carboxylic acids is 2. The van der Waals surface area contributed by atoms with Gasteiger partial charge in [0.25, 0.3) is 0 Å². The Balaban J connectivity index is 1.92. The molecule has 1 aliphatic heterocycles. The second-order valence-corrected chi connectivity index (χ2v) is 5.28. The van der Waals surface area contributed by atoms with Crippen molar-refractivity contribution in [3.8, 4) is 5.75 Å². The molecule has 1 saturated heterocycles. The molecule has 2 amide bonds. The summed E-state index contributed by atoms with van der Waals surface area (Å²) < 4.78 is 10.2. The van der Waals surface area contributed by atoms with Crippen LogP contribution in [0.1, 0.15) is 12.8 Å². The van der Waals surface area contributed by atoms with Crippen LogP contribution in [0.25, 0.3) is 0 Å². The Labute approximate surface area is 130 Å². The van der Waals surface area contributed by atoms with Crippen LogP contribution in [-0.2, 0) is 14.3 Å². The lowest BCUT2D eigenvalue weighted by atomic mass is 10.1. The maximum Gasteiger partial charge on any atom is 0.229 e. The second kappa shape index (κ2) is 7.79. The lowest BCUT2D eigenvalue weighted by Crippen LogP contribution is -2.29. The van der Waals surface area contributed by atoms with Crippen molar-refractivity contribution in [2.75, 3.05) is 39.2 Å². The highest BCUT2D eigenvalue weighted by Crippen LogP contribution is 2.25. The molecule has 0 bridgehead atoms. The molecule has 0 saturated carbocycles. The van der Waals surface area contributed by atoms with E-state index in [0.29, 0.717) is 31.1 Å². The molecule has 1 heterocycles. The van der Waals surface area contributed by atoms with Gasteiger partial charge in [0.15, 0.2) is 0 Å². The average molecular weight is 306 g/mol. The molecule has 1 unspecified atom stereocenters. The number of anilines is 1. The average Bonchev–Trinajstić information content (AvgIpc) is 2.89. The monoisotopic (exact) mass is 306 g/mol. The van der Waals surface area contributed by atoms with E-state index in [1.54, 1.807) is 31.3 Å². The summed E-state index contributed by atoms with van der Waals surface area (Å²) >= 11 is 0. The summed E-state index contributed by atoms with van der Waals surface area (Å²) in [6.45, 7) is 1.70. The lowest BCUT2D eigenvalue weighted by molar-refractivity contribution is -0.128. The predicted molar refractivity (Wildman–Crippen MR) is 82.8 cm³/mol. The molecule has 1 aromatic carbocycles. The number of nitrogens with one attached hydrogen (secondary N) is 1. The minimum Gasteiger partial charge on any atom is -0.495 e. The van der Waals surface area contributed by atoms with Gasteiger partial charge in [-0.1, -0.05) is 12.1 Å². The van der Waals surface area contributed by atoms with E-state index in [1.807, 2.05) is 12.1 Å². The van der Waals surface area contributed by atoms with Crippen molar-refractivity contribution in [3.05, 3.63) is 24.3 Å². The number of rotatable bonds is 7. The van der Waals surface area contributed by atoms with E-state index in [0.717, 1.165) is 6.42 Å². The Hall–Kier alpha value is -2.08. The highest BCUT2D eigenvalue weighted by Gasteiger charge is 2.34. The zero-order valence-electron chi connectivity index (χ0n) is 13.0. The molecule has 0 aromatic heterocycles. The van der Waals surface area contributed by atoms with Crippen molar-refractivity contribution in [2.45, 2.75) is 12.8 Å². The van der Waals surface area contributed by atoms with Crippen LogP contribution in [0.15, 0.2) is 24.3 Å². The lowest BCUT2D eigenvalue weighted by Gasteiger charge is -2.16.